The Morgan fingerprint density at radius 3 is 2.65 bits per heavy atom. The first kappa shape index (κ1) is 13.4. The SMILES string of the molecule is O=C(O)n1ccc(Oc2cc(F)c([N+](=O)[O-])cc2F)n1. The number of ether oxygens (including phenoxy) is 1. The first-order chi connectivity index (χ1) is 9.38. The third kappa shape index (κ3) is 2.53. The van der Waals surface area contributed by atoms with Crippen LogP contribution in [-0.4, -0.2) is 25.9 Å². The molecule has 0 fully saturated rings. The van der Waals surface area contributed by atoms with E-state index in [1.807, 2.05) is 0 Å². The molecule has 8 nitrogen and oxygen atoms in total. The molecule has 0 radical (unpaired) electrons. The highest BCUT2D eigenvalue weighted by molar-refractivity contribution is 5.66. The van der Waals surface area contributed by atoms with Gasteiger partial charge in [-0.05, 0) is 0 Å². The van der Waals surface area contributed by atoms with Crippen LogP contribution in [0.4, 0.5) is 19.3 Å². The van der Waals surface area contributed by atoms with E-state index in [2.05, 4.69) is 5.10 Å². The predicted molar refractivity (Wildman–Crippen MR) is 58.7 cm³/mol. The maximum atomic E-state index is 13.5. The summed E-state index contributed by atoms with van der Waals surface area (Å²) in [5, 5.41) is 22.4. The second-order valence-corrected chi connectivity index (χ2v) is 3.47. The van der Waals surface area contributed by atoms with Gasteiger partial charge in [0, 0.05) is 18.3 Å². The second-order valence-electron chi connectivity index (χ2n) is 3.47. The molecule has 1 heterocycles. The molecule has 10 heteroatoms. The normalized spacial score (nSPS) is 10.3. The topological polar surface area (TPSA) is 107 Å². The van der Waals surface area contributed by atoms with Gasteiger partial charge in [0.05, 0.1) is 11.0 Å². The second kappa shape index (κ2) is 4.91. The van der Waals surface area contributed by atoms with Gasteiger partial charge in [0.25, 0.3) is 0 Å². The summed E-state index contributed by atoms with van der Waals surface area (Å²) in [6.45, 7) is 0. The number of aromatic nitrogens is 2. The van der Waals surface area contributed by atoms with Gasteiger partial charge >= 0.3 is 11.8 Å². The molecular weight excluding hydrogens is 280 g/mol. The van der Waals surface area contributed by atoms with Crippen LogP contribution in [0, 0.1) is 21.7 Å². The Kier molecular flexibility index (Phi) is 3.29. The highest BCUT2D eigenvalue weighted by atomic mass is 19.1. The number of carboxylic acid groups (broad SMARTS) is 1. The van der Waals surface area contributed by atoms with Gasteiger partial charge in [0.15, 0.2) is 11.6 Å². The minimum absolute atomic E-state index is 0.306. The van der Waals surface area contributed by atoms with Crippen molar-refractivity contribution in [1.82, 2.24) is 9.78 Å². The van der Waals surface area contributed by atoms with Gasteiger partial charge in [0.1, 0.15) is 0 Å². The highest BCUT2D eigenvalue weighted by Crippen LogP contribution is 2.29. The maximum absolute atomic E-state index is 13.5. The molecule has 0 aliphatic heterocycles. The molecule has 1 aromatic carbocycles. The Bertz CT molecular complexity index is 700. The minimum atomic E-state index is -1.39. The third-order valence-corrected chi connectivity index (χ3v) is 2.17. The number of nitro groups is 1. The standard InChI is InChI=1S/C10H5F2N3O5/c11-5-4-8(6(12)3-7(5)15(18)19)20-9-1-2-14(13-9)10(16)17/h1-4H,(H,16,17). The molecule has 104 valence electrons. The van der Waals surface area contributed by atoms with E-state index in [1.165, 1.54) is 0 Å². The zero-order valence-electron chi connectivity index (χ0n) is 9.49. The Hall–Kier alpha value is -3.04. The lowest BCUT2D eigenvalue weighted by Crippen LogP contribution is -2.08. The van der Waals surface area contributed by atoms with Crippen LogP contribution >= 0.6 is 0 Å². The molecule has 0 bridgehead atoms. The van der Waals surface area contributed by atoms with Crippen molar-refractivity contribution in [2.45, 2.75) is 0 Å². The Morgan fingerprint density at radius 2 is 2.10 bits per heavy atom. The monoisotopic (exact) mass is 285 g/mol. The number of carbonyl (C=O) groups is 1. The van der Waals surface area contributed by atoms with E-state index in [0.717, 1.165) is 12.3 Å². The minimum Gasteiger partial charge on any atom is -0.463 e. The number of nitrogens with zero attached hydrogens (tertiary/aromatic N) is 3. The Labute approximate surface area is 109 Å². The summed E-state index contributed by atoms with van der Waals surface area (Å²) >= 11 is 0. The van der Waals surface area contributed by atoms with Crippen LogP contribution in [0.3, 0.4) is 0 Å². The lowest BCUT2D eigenvalue weighted by atomic mass is 10.3. The van der Waals surface area contributed by atoms with Gasteiger partial charge in [-0.25, -0.2) is 9.18 Å². The molecule has 2 aromatic rings. The molecule has 2 rings (SSSR count). The van der Waals surface area contributed by atoms with E-state index in [1.54, 1.807) is 0 Å². The number of rotatable bonds is 3. The van der Waals surface area contributed by atoms with Crippen LogP contribution in [0.1, 0.15) is 0 Å². The van der Waals surface area contributed by atoms with Gasteiger partial charge in [0.2, 0.25) is 11.7 Å². The zero-order valence-corrected chi connectivity index (χ0v) is 9.49. The number of benzene rings is 1. The van der Waals surface area contributed by atoms with Crippen LogP contribution in [0.2, 0.25) is 0 Å². The summed E-state index contributed by atoms with van der Waals surface area (Å²) in [5.74, 6) is -3.42. The fourth-order valence-corrected chi connectivity index (χ4v) is 1.32. The highest BCUT2D eigenvalue weighted by Gasteiger charge is 2.20. The van der Waals surface area contributed by atoms with E-state index in [0.29, 0.717) is 16.8 Å². The predicted octanol–water partition coefficient (Wildman–Crippen LogP) is 2.39. The average Bonchev–Trinajstić information content (AvgIpc) is 2.81. The molecule has 1 aromatic heterocycles. The number of hydrogen-bond donors (Lipinski definition) is 1. The summed E-state index contributed by atoms with van der Waals surface area (Å²) in [6.07, 6.45) is -0.368. The molecule has 20 heavy (non-hydrogen) atoms. The van der Waals surface area contributed by atoms with E-state index >= 15 is 0 Å². The summed E-state index contributed by atoms with van der Waals surface area (Å²) in [4.78, 5) is 19.9. The smallest absolute Gasteiger partial charge is 0.432 e. The van der Waals surface area contributed by atoms with Crippen molar-refractivity contribution >= 4 is 11.8 Å². The van der Waals surface area contributed by atoms with Crippen molar-refractivity contribution in [3.8, 4) is 11.6 Å². The summed E-state index contributed by atoms with van der Waals surface area (Å²) < 4.78 is 32.1. The van der Waals surface area contributed by atoms with E-state index in [9.17, 15) is 23.7 Å². The third-order valence-electron chi connectivity index (χ3n) is 2.17. The summed E-state index contributed by atoms with van der Waals surface area (Å²) in [7, 11) is 0. The van der Waals surface area contributed by atoms with Gasteiger partial charge < -0.3 is 9.84 Å². The largest absolute Gasteiger partial charge is 0.463 e. The molecule has 0 saturated heterocycles. The first-order valence-electron chi connectivity index (χ1n) is 4.98. The lowest BCUT2D eigenvalue weighted by molar-refractivity contribution is -0.387. The molecule has 0 amide bonds. The Morgan fingerprint density at radius 1 is 1.40 bits per heavy atom. The van der Waals surface area contributed by atoms with Gasteiger partial charge in [-0.2, -0.15) is 9.07 Å². The Balaban J connectivity index is 2.31. The van der Waals surface area contributed by atoms with Crippen LogP contribution in [0.15, 0.2) is 24.4 Å². The van der Waals surface area contributed by atoms with Crippen LogP contribution < -0.4 is 4.74 Å². The molecule has 0 spiro atoms. The fraction of sp³-hybridized carbons (Fsp3) is 0. The first-order valence-corrected chi connectivity index (χ1v) is 4.98. The van der Waals surface area contributed by atoms with Crippen molar-refractivity contribution in [2.24, 2.45) is 0 Å². The van der Waals surface area contributed by atoms with Gasteiger partial charge in [-0.15, -0.1) is 5.10 Å². The van der Waals surface area contributed by atoms with Crippen LogP contribution in [0.5, 0.6) is 11.6 Å². The van der Waals surface area contributed by atoms with Crippen LogP contribution in [0.25, 0.3) is 0 Å². The summed E-state index contributed by atoms with van der Waals surface area (Å²) in [5.41, 5.74) is -1.04. The quantitative estimate of drug-likeness (QED) is 0.685. The zero-order chi connectivity index (χ0) is 14.9. The maximum Gasteiger partial charge on any atom is 0.432 e. The molecule has 0 unspecified atom stereocenters. The number of hydrogen-bond acceptors (Lipinski definition) is 5. The van der Waals surface area contributed by atoms with Crippen molar-refractivity contribution in [2.75, 3.05) is 0 Å². The van der Waals surface area contributed by atoms with Crippen molar-refractivity contribution in [1.29, 1.82) is 0 Å². The molecule has 1 N–H and O–H groups in total. The fourth-order valence-electron chi connectivity index (χ4n) is 1.32. The van der Waals surface area contributed by atoms with E-state index < -0.39 is 34.1 Å². The molecule has 0 saturated carbocycles. The van der Waals surface area contributed by atoms with E-state index in [4.69, 9.17) is 9.84 Å². The van der Waals surface area contributed by atoms with Gasteiger partial charge in [-0.1, -0.05) is 0 Å². The molecule has 0 aliphatic rings. The molecule has 0 atom stereocenters. The van der Waals surface area contributed by atoms with E-state index in [-0.39, 0.29) is 5.88 Å². The van der Waals surface area contributed by atoms with Crippen molar-refractivity contribution < 1.29 is 28.3 Å². The molecular formula is C10H5F2N3O5. The van der Waals surface area contributed by atoms with Gasteiger partial charge in [-0.3, -0.25) is 10.1 Å². The lowest BCUT2D eigenvalue weighted by Gasteiger charge is -2.04. The van der Waals surface area contributed by atoms with Crippen molar-refractivity contribution in [3.63, 3.8) is 0 Å². The number of halogens is 2. The van der Waals surface area contributed by atoms with Crippen LogP contribution in [-0.2, 0) is 0 Å². The summed E-state index contributed by atoms with van der Waals surface area (Å²) in [6, 6.07) is 1.94. The van der Waals surface area contributed by atoms with Crippen molar-refractivity contribution in [3.05, 3.63) is 46.1 Å². The number of nitro benzene ring substituents is 1. The average molecular weight is 285 g/mol. The molecule has 0 aliphatic carbocycles.